The molecule has 0 saturated carbocycles. The molecule has 0 heterocycles. The van der Waals surface area contributed by atoms with Crippen LogP contribution in [0.4, 0.5) is 14.5 Å². The van der Waals surface area contributed by atoms with E-state index in [0.29, 0.717) is 0 Å². The first-order valence-corrected chi connectivity index (χ1v) is 5.84. The molecule has 0 aliphatic heterocycles. The van der Waals surface area contributed by atoms with E-state index in [0.717, 1.165) is 12.1 Å². The zero-order valence-corrected chi connectivity index (χ0v) is 11.2. The standard InChI is InChI=1S/C14H11F2NO4/c1-20-8-6-10(15)13(11(16)7-8)9-4-3-5-12(21-2)14(9)17(18)19/h3-7H,1-2H3. The molecule has 0 aliphatic carbocycles. The molecule has 0 amide bonds. The van der Waals surface area contributed by atoms with Crippen molar-refractivity contribution in [2.75, 3.05) is 14.2 Å². The number of methoxy groups -OCH3 is 2. The van der Waals surface area contributed by atoms with E-state index in [1.807, 2.05) is 0 Å². The van der Waals surface area contributed by atoms with Gasteiger partial charge in [-0.2, -0.15) is 0 Å². The number of ether oxygens (including phenoxy) is 2. The molecule has 0 aliphatic rings. The second-order valence-corrected chi connectivity index (χ2v) is 4.08. The number of nitro groups is 1. The summed E-state index contributed by atoms with van der Waals surface area (Å²) in [6.45, 7) is 0. The quantitative estimate of drug-likeness (QED) is 0.639. The minimum Gasteiger partial charge on any atom is -0.497 e. The third-order valence-corrected chi connectivity index (χ3v) is 2.92. The van der Waals surface area contributed by atoms with Gasteiger partial charge < -0.3 is 9.47 Å². The molecule has 2 aromatic rings. The molecule has 0 atom stereocenters. The Morgan fingerprint density at radius 1 is 1.10 bits per heavy atom. The van der Waals surface area contributed by atoms with Gasteiger partial charge in [-0.15, -0.1) is 0 Å². The number of nitrogens with zero attached hydrogens (tertiary/aromatic N) is 1. The first-order chi connectivity index (χ1) is 9.99. The Labute approximate surface area is 118 Å². The number of hydrogen-bond acceptors (Lipinski definition) is 4. The van der Waals surface area contributed by atoms with Crippen molar-refractivity contribution >= 4 is 5.69 Å². The first kappa shape index (κ1) is 14.7. The molecule has 110 valence electrons. The third-order valence-electron chi connectivity index (χ3n) is 2.92. The molecule has 0 saturated heterocycles. The van der Waals surface area contributed by atoms with Gasteiger partial charge in [-0.25, -0.2) is 8.78 Å². The molecule has 0 fully saturated rings. The molecule has 21 heavy (non-hydrogen) atoms. The summed E-state index contributed by atoms with van der Waals surface area (Å²) in [6, 6.07) is 5.95. The van der Waals surface area contributed by atoms with Crippen molar-refractivity contribution in [3.63, 3.8) is 0 Å². The van der Waals surface area contributed by atoms with Crippen molar-refractivity contribution in [3.05, 3.63) is 52.1 Å². The van der Waals surface area contributed by atoms with Crippen molar-refractivity contribution < 1.29 is 23.2 Å². The van der Waals surface area contributed by atoms with Crippen LogP contribution in [0.5, 0.6) is 11.5 Å². The molecule has 0 unspecified atom stereocenters. The second kappa shape index (κ2) is 5.74. The predicted molar refractivity (Wildman–Crippen MR) is 71.6 cm³/mol. The van der Waals surface area contributed by atoms with Crippen LogP contribution in [0.1, 0.15) is 0 Å². The van der Waals surface area contributed by atoms with Crippen LogP contribution in [0.15, 0.2) is 30.3 Å². The number of para-hydroxylation sites is 1. The van der Waals surface area contributed by atoms with Gasteiger partial charge in [-0.1, -0.05) is 6.07 Å². The summed E-state index contributed by atoms with van der Waals surface area (Å²) in [5.41, 5.74) is -1.19. The van der Waals surface area contributed by atoms with E-state index in [4.69, 9.17) is 9.47 Å². The van der Waals surface area contributed by atoms with Gasteiger partial charge in [0.25, 0.3) is 0 Å². The molecule has 0 radical (unpaired) electrons. The van der Waals surface area contributed by atoms with E-state index in [9.17, 15) is 18.9 Å². The third kappa shape index (κ3) is 2.62. The van der Waals surface area contributed by atoms with E-state index < -0.39 is 27.8 Å². The monoisotopic (exact) mass is 295 g/mol. The molecule has 7 heteroatoms. The van der Waals surface area contributed by atoms with E-state index in [1.165, 1.54) is 32.4 Å². The molecule has 0 bridgehead atoms. The largest absolute Gasteiger partial charge is 0.497 e. The summed E-state index contributed by atoms with van der Waals surface area (Å²) in [5, 5.41) is 11.2. The Morgan fingerprint density at radius 2 is 1.71 bits per heavy atom. The van der Waals surface area contributed by atoms with Crippen LogP contribution in [-0.2, 0) is 0 Å². The maximum absolute atomic E-state index is 14.1. The number of hydrogen-bond donors (Lipinski definition) is 0. The zero-order chi connectivity index (χ0) is 15.6. The molecule has 0 aromatic heterocycles. The summed E-state index contributed by atoms with van der Waals surface area (Å²) in [5.74, 6) is -2.00. The lowest BCUT2D eigenvalue weighted by molar-refractivity contribution is -0.385. The number of rotatable bonds is 4. The SMILES string of the molecule is COc1cc(F)c(-c2cccc(OC)c2[N+](=O)[O-])c(F)c1. The van der Waals surface area contributed by atoms with Crippen molar-refractivity contribution in [2.24, 2.45) is 0 Å². The maximum atomic E-state index is 14.1. The normalized spacial score (nSPS) is 10.3. The highest BCUT2D eigenvalue weighted by Crippen LogP contribution is 2.40. The molecule has 5 nitrogen and oxygen atoms in total. The van der Waals surface area contributed by atoms with Crippen LogP contribution in [0.3, 0.4) is 0 Å². The van der Waals surface area contributed by atoms with Crippen molar-refractivity contribution in [1.29, 1.82) is 0 Å². The Bertz CT molecular complexity index is 680. The first-order valence-electron chi connectivity index (χ1n) is 5.84. The average molecular weight is 295 g/mol. The van der Waals surface area contributed by atoms with Crippen LogP contribution in [0, 0.1) is 21.7 Å². The zero-order valence-electron chi connectivity index (χ0n) is 11.2. The van der Waals surface area contributed by atoms with Crippen molar-refractivity contribution in [3.8, 4) is 22.6 Å². The van der Waals surface area contributed by atoms with Gasteiger partial charge in [0.2, 0.25) is 0 Å². The Hall–Kier alpha value is -2.70. The van der Waals surface area contributed by atoms with Gasteiger partial charge >= 0.3 is 5.69 Å². The van der Waals surface area contributed by atoms with Crippen LogP contribution in [0.2, 0.25) is 0 Å². The van der Waals surface area contributed by atoms with E-state index in [-0.39, 0.29) is 17.1 Å². The van der Waals surface area contributed by atoms with Gasteiger partial charge in [-0.3, -0.25) is 10.1 Å². The topological polar surface area (TPSA) is 61.6 Å². The van der Waals surface area contributed by atoms with Gasteiger partial charge in [0.05, 0.1) is 30.3 Å². The number of benzene rings is 2. The Morgan fingerprint density at radius 3 is 2.19 bits per heavy atom. The summed E-state index contributed by atoms with van der Waals surface area (Å²) < 4.78 is 37.8. The van der Waals surface area contributed by atoms with Gasteiger partial charge in [0.1, 0.15) is 17.4 Å². The molecular formula is C14H11F2NO4. The van der Waals surface area contributed by atoms with Gasteiger partial charge in [0, 0.05) is 12.1 Å². The van der Waals surface area contributed by atoms with E-state index in [1.54, 1.807) is 0 Å². The van der Waals surface area contributed by atoms with Crippen molar-refractivity contribution in [1.82, 2.24) is 0 Å². The summed E-state index contributed by atoms with van der Waals surface area (Å²) >= 11 is 0. The summed E-state index contributed by atoms with van der Waals surface area (Å²) in [6.07, 6.45) is 0. The lowest BCUT2D eigenvalue weighted by Crippen LogP contribution is -2.00. The minimum atomic E-state index is -0.955. The summed E-state index contributed by atoms with van der Waals surface area (Å²) in [4.78, 5) is 10.4. The fourth-order valence-corrected chi connectivity index (χ4v) is 2.00. The molecule has 2 aromatic carbocycles. The van der Waals surface area contributed by atoms with E-state index >= 15 is 0 Å². The van der Waals surface area contributed by atoms with Gasteiger partial charge in [-0.05, 0) is 12.1 Å². The fourth-order valence-electron chi connectivity index (χ4n) is 2.00. The van der Waals surface area contributed by atoms with Gasteiger partial charge in [0.15, 0.2) is 5.75 Å². The maximum Gasteiger partial charge on any atom is 0.318 e. The average Bonchev–Trinajstić information content (AvgIpc) is 2.45. The summed E-state index contributed by atoms with van der Waals surface area (Å²) in [7, 11) is 2.51. The van der Waals surface area contributed by atoms with Crippen LogP contribution in [-0.4, -0.2) is 19.1 Å². The molecule has 2 rings (SSSR count). The highest BCUT2D eigenvalue weighted by molar-refractivity contribution is 5.78. The van der Waals surface area contributed by atoms with Crippen molar-refractivity contribution in [2.45, 2.75) is 0 Å². The highest BCUT2D eigenvalue weighted by Gasteiger charge is 2.26. The molecule has 0 spiro atoms. The fraction of sp³-hybridized carbons (Fsp3) is 0.143. The lowest BCUT2D eigenvalue weighted by Gasteiger charge is -2.10. The second-order valence-electron chi connectivity index (χ2n) is 4.08. The lowest BCUT2D eigenvalue weighted by atomic mass is 10.0. The van der Waals surface area contributed by atoms with E-state index in [2.05, 4.69) is 0 Å². The smallest absolute Gasteiger partial charge is 0.318 e. The number of nitro benzene ring substituents is 1. The minimum absolute atomic E-state index is 0.0145. The molecular weight excluding hydrogens is 284 g/mol. The Kier molecular flexibility index (Phi) is 4.02. The molecule has 0 N–H and O–H groups in total. The van der Waals surface area contributed by atoms with Crippen LogP contribution in [0.25, 0.3) is 11.1 Å². The predicted octanol–water partition coefficient (Wildman–Crippen LogP) is 3.56. The highest BCUT2D eigenvalue weighted by atomic mass is 19.1. The van der Waals surface area contributed by atoms with Crippen LogP contribution < -0.4 is 9.47 Å². The Balaban J connectivity index is 2.76. The van der Waals surface area contributed by atoms with Crippen LogP contribution >= 0.6 is 0 Å². The number of halogens is 2.